The average molecular weight is 320 g/mol. The molecular weight excluding hydrogens is 302 g/mol. The number of hydrogen-bond acceptors (Lipinski definition) is 3. The van der Waals surface area contributed by atoms with E-state index in [2.05, 4.69) is 4.72 Å². The van der Waals surface area contributed by atoms with Crippen LogP contribution in [0.2, 0.25) is 5.02 Å². The molecule has 0 unspecified atom stereocenters. The van der Waals surface area contributed by atoms with Crippen LogP contribution < -0.4 is 4.72 Å². The summed E-state index contributed by atoms with van der Waals surface area (Å²) in [5.74, 6) is -1.19. The van der Waals surface area contributed by atoms with Crippen LogP contribution in [-0.2, 0) is 10.0 Å². The number of halogens is 1. The van der Waals surface area contributed by atoms with E-state index in [1.165, 1.54) is 18.2 Å². The van der Waals surface area contributed by atoms with Gasteiger partial charge in [0.2, 0.25) is 10.0 Å². The third-order valence-electron chi connectivity index (χ3n) is 2.60. The fourth-order valence-corrected chi connectivity index (χ4v) is 3.10. The quantitative estimate of drug-likeness (QED) is 0.872. The van der Waals surface area contributed by atoms with Crippen molar-refractivity contribution in [1.82, 2.24) is 0 Å². The van der Waals surface area contributed by atoms with Gasteiger partial charge in [0.05, 0.1) is 22.0 Å². The van der Waals surface area contributed by atoms with E-state index in [0.717, 1.165) is 0 Å². The van der Waals surface area contributed by atoms with E-state index >= 15 is 0 Å². The third kappa shape index (κ3) is 5.38. The molecule has 0 radical (unpaired) electrons. The van der Waals surface area contributed by atoms with Crippen LogP contribution in [0.4, 0.5) is 5.69 Å². The number of carboxylic acid groups (broad SMARTS) is 1. The Hall–Kier alpha value is -1.27. The van der Waals surface area contributed by atoms with Crippen LogP contribution in [-0.4, -0.2) is 25.2 Å². The number of benzene rings is 1. The summed E-state index contributed by atoms with van der Waals surface area (Å²) in [6, 6.07) is 3.88. The van der Waals surface area contributed by atoms with Gasteiger partial charge in [0.1, 0.15) is 0 Å². The van der Waals surface area contributed by atoms with E-state index in [0.29, 0.717) is 6.42 Å². The summed E-state index contributed by atoms with van der Waals surface area (Å²) < 4.78 is 26.3. The highest BCUT2D eigenvalue weighted by atomic mass is 35.5. The van der Waals surface area contributed by atoms with Crippen molar-refractivity contribution in [2.24, 2.45) is 5.41 Å². The molecule has 0 heterocycles. The number of carboxylic acids is 1. The van der Waals surface area contributed by atoms with Crippen LogP contribution in [0.1, 0.15) is 37.6 Å². The van der Waals surface area contributed by atoms with Crippen LogP contribution >= 0.6 is 11.6 Å². The summed E-state index contributed by atoms with van der Waals surface area (Å²) in [6.07, 6.45) is 0.485. The second kappa shape index (κ2) is 6.01. The van der Waals surface area contributed by atoms with Gasteiger partial charge in [-0.2, -0.15) is 0 Å². The molecule has 7 heteroatoms. The summed E-state index contributed by atoms with van der Waals surface area (Å²) in [4.78, 5) is 10.9. The Balaban J connectivity index is 2.92. The summed E-state index contributed by atoms with van der Waals surface area (Å²) in [5, 5.41) is 9.05. The minimum absolute atomic E-state index is 0.0251. The molecule has 0 aliphatic carbocycles. The molecule has 0 aliphatic heterocycles. The number of carbonyl (C=O) groups is 1. The first kappa shape index (κ1) is 16.8. The van der Waals surface area contributed by atoms with Crippen LogP contribution in [0.15, 0.2) is 18.2 Å². The predicted octanol–water partition coefficient (Wildman–Crippen LogP) is 3.22. The van der Waals surface area contributed by atoms with Gasteiger partial charge < -0.3 is 5.11 Å². The molecule has 1 aromatic carbocycles. The largest absolute Gasteiger partial charge is 0.478 e. The van der Waals surface area contributed by atoms with E-state index in [-0.39, 0.29) is 27.4 Å². The predicted molar refractivity (Wildman–Crippen MR) is 79.9 cm³/mol. The summed E-state index contributed by atoms with van der Waals surface area (Å²) in [6.45, 7) is 5.83. The Morgan fingerprint density at radius 1 is 1.35 bits per heavy atom. The van der Waals surface area contributed by atoms with Crippen molar-refractivity contribution in [3.8, 4) is 0 Å². The van der Waals surface area contributed by atoms with Crippen LogP contribution in [0.3, 0.4) is 0 Å². The molecule has 2 N–H and O–H groups in total. The Morgan fingerprint density at radius 2 is 1.95 bits per heavy atom. The molecule has 0 saturated carbocycles. The highest BCUT2D eigenvalue weighted by Gasteiger charge is 2.19. The van der Waals surface area contributed by atoms with Crippen molar-refractivity contribution in [1.29, 1.82) is 0 Å². The lowest BCUT2D eigenvalue weighted by Crippen LogP contribution is -2.21. The lowest BCUT2D eigenvalue weighted by molar-refractivity contribution is 0.0697. The zero-order valence-corrected chi connectivity index (χ0v) is 13.2. The molecule has 1 aromatic rings. The van der Waals surface area contributed by atoms with Gasteiger partial charge >= 0.3 is 5.97 Å². The highest BCUT2D eigenvalue weighted by molar-refractivity contribution is 7.92. The highest BCUT2D eigenvalue weighted by Crippen LogP contribution is 2.25. The van der Waals surface area contributed by atoms with Crippen molar-refractivity contribution in [3.63, 3.8) is 0 Å². The van der Waals surface area contributed by atoms with E-state index in [4.69, 9.17) is 16.7 Å². The molecule has 0 amide bonds. The molecule has 0 aromatic heterocycles. The van der Waals surface area contributed by atoms with Gasteiger partial charge in [-0.3, -0.25) is 4.72 Å². The standard InChI is InChI=1S/C13H18ClNO4S/c1-13(2,3)6-7-20(18,19)15-11-8-9(12(16)17)4-5-10(11)14/h4-5,8,15H,6-7H2,1-3H3,(H,16,17). The van der Waals surface area contributed by atoms with Crippen molar-refractivity contribution in [2.45, 2.75) is 27.2 Å². The Labute approximate surface area is 124 Å². The maximum atomic E-state index is 12.0. The van der Waals surface area contributed by atoms with Gasteiger partial charge in [0, 0.05) is 0 Å². The Kier molecular flexibility index (Phi) is 5.05. The number of aromatic carboxylic acids is 1. The topological polar surface area (TPSA) is 83.5 Å². The van der Waals surface area contributed by atoms with Crippen molar-refractivity contribution in [3.05, 3.63) is 28.8 Å². The van der Waals surface area contributed by atoms with Crippen molar-refractivity contribution in [2.75, 3.05) is 10.5 Å². The van der Waals surface area contributed by atoms with Gasteiger partial charge in [0.15, 0.2) is 0 Å². The molecule has 0 bridgehead atoms. The maximum absolute atomic E-state index is 12.0. The van der Waals surface area contributed by atoms with Gasteiger partial charge in [0.25, 0.3) is 0 Å². The number of sulfonamides is 1. The second-order valence-electron chi connectivity index (χ2n) is 5.73. The third-order valence-corrected chi connectivity index (χ3v) is 4.20. The van der Waals surface area contributed by atoms with Crippen molar-refractivity contribution >= 4 is 33.3 Å². The van der Waals surface area contributed by atoms with Crippen molar-refractivity contribution < 1.29 is 18.3 Å². The Morgan fingerprint density at radius 3 is 2.45 bits per heavy atom. The molecular formula is C13H18ClNO4S. The van der Waals surface area contributed by atoms with Crippen LogP contribution in [0, 0.1) is 5.41 Å². The van der Waals surface area contributed by atoms with E-state index in [1.54, 1.807) is 0 Å². The fraction of sp³-hybridized carbons (Fsp3) is 0.462. The smallest absolute Gasteiger partial charge is 0.335 e. The zero-order valence-electron chi connectivity index (χ0n) is 11.6. The minimum atomic E-state index is -3.56. The first-order valence-electron chi connectivity index (χ1n) is 6.03. The summed E-state index contributed by atoms with van der Waals surface area (Å²) >= 11 is 5.88. The normalized spacial score (nSPS) is 12.2. The van der Waals surface area contributed by atoms with Gasteiger partial charge in [-0.25, -0.2) is 13.2 Å². The van der Waals surface area contributed by atoms with E-state index < -0.39 is 16.0 Å². The number of hydrogen-bond donors (Lipinski definition) is 2. The van der Waals surface area contributed by atoms with E-state index in [9.17, 15) is 13.2 Å². The lowest BCUT2D eigenvalue weighted by Gasteiger charge is -2.18. The molecule has 0 aliphatic rings. The first-order valence-corrected chi connectivity index (χ1v) is 8.06. The summed E-state index contributed by atoms with van der Waals surface area (Å²) in [7, 11) is -3.56. The molecule has 112 valence electrons. The fourth-order valence-electron chi connectivity index (χ4n) is 1.40. The SMILES string of the molecule is CC(C)(C)CCS(=O)(=O)Nc1cc(C(=O)O)ccc1Cl. The first-order chi connectivity index (χ1) is 9.00. The molecule has 0 spiro atoms. The van der Waals surface area contributed by atoms with Gasteiger partial charge in [-0.05, 0) is 30.0 Å². The Bertz CT molecular complexity index is 605. The average Bonchev–Trinajstić information content (AvgIpc) is 2.28. The molecule has 1 rings (SSSR count). The van der Waals surface area contributed by atoms with E-state index in [1.807, 2.05) is 20.8 Å². The van der Waals surface area contributed by atoms with Crippen LogP contribution in [0.25, 0.3) is 0 Å². The molecule has 20 heavy (non-hydrogen) atoms. The number of nitrogens with one attached hydrogen (secondary N) is 1. The lowest BCUT2D eigenvalue weighted by atomic mass is 9.94. The summed E-state index contributed by atoms with van der Waals surface area (Å²) in [5.41, 5.74) is -0.0510. The maximum Gasteiger partial charge on any atom is 0.335 e. The molecule has 0 saturated heterocycles. The number of rotatable bonds is 5. The van der Waals surface area contributed by atoms with Gasteiger partial charge in [-0.1, -0.05) is 32.4 Å². The zero-order chi connectivity index (χ0) is 15.6. The van der Waals surface area contributed by atoms with Gasteiger partial charge in [-0.15, -0.1) is 0 Å². The second-order valence-corrected chi connectivity index (χ2v) is 7.98. The molecule has 0 fully saturated rings. The van der Waals surface area contributed by atoms with Crippen LogP contribution in [0.5, 0.6) is 0 Å². The minimum Gasteiger partial charge on any atom is -0.478 e. The number of anilines is 1. The molecule has 5 nitrogen and oxygen atoms in total. The monoisotopic (exact) mass is 319 g/mol. The molecule has 0 atom stereocenters.